The van der Waals surface area contributed by atoms with Crippen molar-refractivity contribution in [3.8, 4) is 0 Å². The van der Waals surface area contributed by atoms with Crippen LogP contribution in [0.1, 0.15) is 33.1 Å². The quantitative estimate of drug-likeness (QED) is 0.767. The zero-order chi connectivity index (χ0) is 12.9. The number of nitrogens with zero attached hydrogens (tertiary/aromatic N) is 2. The van der Waals surface area contributed by atoms with Gasteiger partial charge in [-0.15, -0.1) is 0 Å². The van der Waals surface area contributed by atoms with Gasteiger partial charge in [-0.3, -0.25) is 0 Å². The number of aliphatic hydroxyl groups is 1. The van der Waals surface area contributed by atoms with Crippen molar-refractivity contribution in [1.29, 1.82) is 0 Å². The van der Waals surface area contributed by atoms with Gasteiger partial charge in [0.25, 0.3) is 10.2 Å². The lowest BCUT2D eigenvalue weighted by atomic mass is 10.0. The summed E-state index contributed by atoms with van der Waals surface area (Å²) < 4.78 is 27.6. The minimum absolute atomic E-state index is 0.122. The van der Waals surface area contributed by atoms with E-state index in [0.29, 0.717) is 25.6 Å². The van der Waals surface area contributed by atoms with Gasteiger partial charge in [0.2, 0.25) is 0 Å². The third-order valence-electron chi connectivity index (χ3n) is 3.22. The summed E-state index contributed by atoms with van der Waals surface area (Å²) in [5.74, 6) is 0.610. The third kappa shape index (κ3) is 3.91. The van der Waals surface area contributed by atoms with Crippen molar-refractivity contribution in [3.05, 3.63) is 0 Å². The summed E-state index contributed by atoms with van der Waals surface area (Å²) in [7, 11) is -3.37. The average molecular weight is 264 g/mol. The van der Waals surface area contributed by atoms with Crippen LogP contribution in [0, 0.1) is 5.92 Å². The van der Waals surface area contributed by atoms with Gasteiger partial charge in [0.05, 0.1) is 6.61 Å². The summed E-state index contributed by atoms with van der Waals surface area (Å²) >= 11 is 0. The molecule has 0 bridgehead atoms. The highest BCUT2D eigenvalue weighted by Crippen LogP contribution is 2.20. The molecule has 0 aromatic rings. The highest BCUT2D eigenvalue weighted by atomic mass is 32.2. The number of rotatable bonds is 6. The highest BCUT2D eigenvalue weighted by molar-refractivity contribution is 7.86. The van der Waals surface area contributed by atoms with E-state index in [1.165, 1.54) is 4.31 Å². The maximum absolute atomic E-state index is 12.3. The Hall–Kier alpha value is -0.170. The predicted octanol–water partition coefficient (Wildman–Crippen LogP) is 0.667. The van der Waals surface area contributed by atoms with Crippen LogP contribution in [0.4, 0.5) is 0 Å². The van der Waals surface area contributed by atoms with E-state index in [0.717, 1.165) is 19.3 Å². The lowest BCUT2D eigenvalue weighted by molar-refractivity contribution is 0.229. The molecule has 0 unspecified atom stereocenters. The fraction of sp³-hybridized carbons (Fsp3) is 1.00. The molecule has 0 aromatic heterocycles. The first-order chi connectivity index (χ1) is 8.02. The largest absolute Gasteiger partial charge is 0.395 e. The van der Waals surface area contributed by atoms with E-state index in [9.17, 15) is 8.42 Å². The molecule has 6 heteroatoms. The molecule has 0 aliphatic carbocycles. The molecule has 0 amide bonds. The topological polar surface area (TPSA) is 60.9 Å². The van der Waals surface area contributed by atoms with Crippen molar-refractivity contribution in [2.75, 3.05) is 32.8 Å². The van der Waals surface area contributed by atoms with E-state index < -0.39 is 10.2 Å². The number of aliphatic hydroxyl groups excluding tert-OH is 1. The summed E-state index contributed by atoms with van der Waals surface area (Å²) in [4.78, 5) is 0. The van der Waals surface area contributed by atoms with Crippen LogP contribution >= 0.6 is 0 Å². The van der Waals surface area contributed by atoms with Gasteiger partial charge in [0, 0.05) is 26.2 Å². The van der Waals surface area contributed by atoms with Crippen molar-refractivity contribution in [3.63, 3.8) is 0 Å². The Balaban J connectivity index is 2.70. The van der Waals surface area contributed by atoms with Gasteiger partial charge in [-0.2, -0.15) is 17.0 Å². The summed E-state index contributed by atoms with van der Waals surface area (Å²) in [5.41, 5.74) is 0. The van der Waals surface area contributed by atoms with E-state index in [1.807, 2.05) is 6.92 Å². The lowest BCUT2D eigenvalue weighted by Crippen LogP contribution is -2.48. The molecule has 1 saturated heterocycles. The van der Waals surface area contributed by atoms with Crippen LogP contribution in [0.2, 0.25) is 0 Å². The third-order valence-corrected chi connectivity index (χ3v) is 5.25. The van der Waals surface area contributed by atoms with Gasteiger partial charge in [0.15, 0.2) is 0 Å². The van der Waals surface area contributed by atoms with Crippen LogP contribution in [-0.2, 0) is 10.2 Å². The Bertz CT molecular complexity index is 305. The second kappa shape index (κ2) is 6.68. The van der Waals surface area contributed by atoms with E-state index in [2.05, 4.69) is 6.92 Å². The van der Waals surface area contributed by atoms with Crippen molar-refractivity contribution in [2.45, 2.75) is 33.1 Å². The molecule has 0 spiro atoms. The van der Waals surface area contributed by atoms with Crippen molar-refractivity contribution < 1.29 is 13.5 Å². The molecular weight excluding hydrogens is 240 g/mol. The van der Waals surface area contributed by atoms with Gasteiger partial charge in [-0.1, -0.05) is 13.8 Å². The standard InChI is InChI=1S/C11H24N2O3S/c1-3-6-12(9-10-14)17(15,16)13-7-4-11(2)5-8-13/h11,14H,3-10H2,1-2H3. The van der Waals surface area contributed by atoms with Crippen LogP contribution in [0.15, 0.2) is 0 Å². The van der Waals surface area contributed by atoms with Crippen LogP contribution < -0.4 is 0 Å². The molecule has 1 fully saturated rings. The molecule has 0 radical (unpaired) electrons. The molecule has 1 aliphatic heterocycles. The maximum atomic E-state index is 12.3. The minimum Gasteiger partial charge on any atom is -0.395 e. The zero-order valence-electron chi connectivity index (χ0n) is 10.8. The normalized spacial score (nSPS) is 20.0. The molecule has 1 heterocycles. The number of piperidine rings is 1. The lowest BCUT2D eigenvalue weighted by Gasteiger charge is -2.33. The van der Waals surface area contributed by atoms with E-state index >= 15 is 0 Å². The molecule has 1 N–H and O–H groups in total. The Morgan fingerprint density at radius 1 is 1.29 bits per heavy atom. The Morgan fingerprint density at radius 3 is 2.35 bits per heavy atom. The average Bonchev–Trinajstić information content (AvgIpc) is 2.29. The van der Waals surface area contributed by atoms with Gasteiger partial charge < -0.3 is 5.11 Å². The smallest absolute Gasteiger partial charge is 0.282 e. The molecule has 0 aromatic carbocycles. The molecule has 0 saturated carbocycles. The zero-order valence-corrected chi connectivity index (χ0v) is 11.6. The second-order valence-corrected chi connectivity index (χ2v) is 6.64. The SMILES string of the molecule is CCCN(CCO)S(=O)(=O)N1CCC(C)CC1. The first-order valence-electron chi connectivity index (χ1n) is 6.38. The summed E-state index contributed by atoms with van der Waals surface area (Å²) in [5, 5.41) is 8.94. The first kappa shape index (κ1) is 14.9. The van der Waals surface area contributed by atoms with Crippen LogP contribution in [-0.4, -0.2) is 54.9 Å². The van der Waals surface area contributed by atoms with Gasteiger partial charge in [-0.05, 0) is 25.2 Å². The Kier molecular flexibility index (Phi) is 5.85. The molecule has 17 heavy (non-hydrogen) atoms. The summed E-state index contributed by atoms with van der Waals surface area (Å²) in [6.07, 6.45) is 2.63. The fourth-order valence-corrected chi connectivity index (χ4v) is 3.81. The Labute approximate surface area is 105 Å². The van der Waals surface area contributed by atoms with Crippen molar-refractivity contribution in [2.24, 2.45) is 5.92 Å². The van der Waals surface area contributed by atoms with Gasteiger partial charge in [-0.25, -0.2) is 0 Å². The number of hydrogen-bond donors (Lipinski definition) is 1. The Morgan fingerprint density at radius 2 is 1.88 bits per heavy atom. The van der Waals surface area contributed by atoms with E-state index in [4.69, 9.17) is 5.11 Å². The molecular formula is C11H24N2O3S. The van der Waals surface area contributed by atoms with Crippen molar-refractivity contribution >= 4 is 10.2 Å². The molecule has 1 rings (SSSR count). The summed E-state index contributed by atoms with van der Waals surface area (Å²) in [6.45, 7) is 5.87. The monoisotopic (exact) mass is 264 g/mol. The predicted molar refractivity (Wildman–Crippen MR) is 67.8 cm³/mol. The maximum Gasteiger partial charge on any atom is 0.282 e. The molecule has 0 atom stereocenters. The minimum atomic E-state index is -3.37. The highest BCUT2D eigenvalue weighted by Gasteiger charge is 2.31. The number of hydrogen-bond acceptors (Lipinski definition) is 3. The first-order valence-corrected chi connectivity index (χ1v) is 7.78. The van der Waals surface area contributed by atoms with Crippen LogP contribution in [0.5, 0.6) is 0 Å². The van der Waals surface area contributed by atoms with Crippen molar-refractivity contribution in [1.82, 2.24) is 8.61 Å². The van der Waals surface area contributed by atoms with Gasteiger partial charge >= 0.3 is 0 Å². The molecule has 1 aliphatic rings. The van der Waals surface area contributed by atoms with Crippen LogP contribution in [0.3, 0.4) is 0 Å². The van der Waals surface area contributed by atoms with E-state index in [1.54, 1.807) is 4.31 Å². The molecule has 5 nitrogen and oxygen atoms in total. The second-order valence-electron chi connectivity index (χ2n) is 4.71. The fourth-order valence-electron chi connectivity index (χ4n) is 2.08. The van der Waals surface area contributed by atoms with Gasteiger partial charge in [0.1, 0.15) is 0 Å². The van der Waals surface area contributed by atoms with Crippen LogP contribution in [0.25, 0.3) is 0 Å². The summed E-state index contributed by atoms with van der Waals surface area (Å²) in [6, 6.07) is 0. The molecule has 102 valence electrons. The van der Waals surface area contributed by atoms with E-state index in [-0.39, 0.29) is 13.2 Å².